The predicted octanol–water partition coefficient (Wildman–Crippen LogP) is 2.06. The largest absolute Gasteiger partial charge is 0.468 e. The van der Waals surface area contributed by atoms with E-state index in [1.54, 1.807) is 0 Å². The van der Waals surface area contributed by atoms with Crippen LogP contribution in [0.4, 0.5) is 0 Å². The number of nitrogens with one attached hydrogen (secondary N) is 1. The van der Waals surface area contributed by atoms with Gasteiger partial charge in [-0.1, -0.05) is 13.8 Å². The first-order valence-electron chi connectivity index (χ1n) is 6.12. The molecule has 1 fully saturated rings. The normalized spacial score (nSPS) is 19.2. The van der Waals surface area contributed by atoms with Crippen LogP contribution >= 0.6 is 11.8 Å². The number of likely N-dealkylation sites (N-methyl/N-ethyl adjacent to an activating group) is 1. The summed E-state index contributed by atoms with van der Waals surface area (Å²) in [7, 11) is 1.49. The summed E-state index contributed by atoms with van der Waals surface area (Å²) >= 11 is 1.85. The van der Waals surface area contributed by atoms with Gasteiger partial charge < -0.3 is 10.1 Å². The summed E-state index contributed by atoms with van der Waals surface area (Å²) in [6, 6.07) is 0. The van der Waals surface area contributed by atoms with Crippen LogP contribution in [0, 0.1) is 5.92 Å². The van der Waals surface area contributed by atoms with Crippen LogP contribution in [0.1, 0.15) is 33.1 Å². The molecule has 0 spiro atoms. The van der Waals surface area contributed by atoms with Crippen molar-refractivity contribution < 1.29 is 9.53 Å². The number of ether oxygens (including phenoxy) is 1. The molecular weight excluding hydrogens is 222 g/mol. The van der Waals surface area contributed by atoms with Crippen molar-refractivity contribution in [2.45, 2.75) is 38.6 Å². The topological polar surface area (TPSA) is 38.3 Å². The molecular formula is C12H23NO2S. The SMILES string of the molecule is CCCSCC(NCC)(C(=O)OC)C1CC1. The molecule has 0 aromatic carbocycles. The Morgan fingerprint density at radius 1 is 1.50 bits per heavy atom. The number of thioether (sulfide) groups is 1. The average Bonchev–Trinajstić information content (AvgIpc) is 3.11. The van der Waals surface area contributed by atoms with Crippen molar-refractivity contribution in [2.75, 3.05) is 25.2 Å². The third-order valence-electron chi connectivity index (χ3n) is 2.99. The molecule has 1 rings (SSSR count). The van der Waals surface area contributed by atoms with Crippen LogP contribution in [0.2, 0.25) is 0 Å². The highest BCUT2D eigenvalue weighted by Gasteiger charge is 2.51. The van der Waals surface area contributed by atoms with Gasteiger partial charge in [0.25, 0.3) is 0 Å². The fourth-order valence-electron chi connectivity index (χ4n) is 2.06. The molecule has 94 valence electrons. The van der Waals surface area contributed by atoms with E-state index in [4.69, 9.17) is 4.74 Å². The van der Waals surface area contributed by atoms with E-state index in [-0.39, 0.29) is 5.97 Å². The summed E-state index contributed by atoms with van der Waals surface area (Å²) in [5, 5.41) is 3.37. The molecule has 4 heteroatoms. The molecule has 0 bridgehead atoms. The van der Waals surface area contributed by atoms with Gasteiger partial charge in [-0.2, -0.15) is 11.8 Å². The first-order valence-corrected chi connectivity index (χ1v) is 7.28. The molecule has 0 aromatic heterocycles. The third kappa shape index (κ3) is 3.14. The molecule has 0 amide bonds. The molecule has 16 heavy (non-hydrogen) atoms. The van der Waals surface area contributed by atoms with E-state index in [2.05, 4.69) is 12.2 Å². The van der Waals surface area contributed by atoms with Crippen molar-refractivity contribution >= 4 is 17.7 Å². The number of methoxy groups -OCH3 is 1. The number of hydrogen-bond acceptors (Lipinski definition) is 4. The van der Waals surface area contributed by atoms with Gasteiger partial charge in [0, 0.05) is 5.75 Å². The number of rotatable bonds is 8. The van der Waals surface area contributed by atoms with Crippen LogP contribution in [0.5, 0.6) is 0 Å². The quantitative estimate of drug-likeness (QED) is 0.525. The summed E-state index contributed by atoms with van der Waals surface area (Å²) in [6.45, 7) is 5.03. The minimum absolute atomic E-state index is 0.0829. The van der Waals surface area contributed by atoms with E-state index in [0.29, 0.717) is 5.92 Å². The average molecular weight is 245 g/mol. The van der Waals surface area contributed by atoms with Crippen molar-refractivity contribution in [2.24, 2.45) is 5.92 Å². The van der Waals surface area contributed by atoms with Crippen molar-refractivity contribution in [3.05, 3.63) is 0 Å². The second kappa shape index (κ2) is 6.50. The fourth-order valence-corrected chi connectivity index (χ4v) is 3.27. The van der Waals surface area contributed by atoms with E-state index < -0.39 is 5.54 Å². The van der Waals surface area contributed by atoms with Gasteiger partial charge in [-0.25, -0.2) is 0 Å². The Balaban J connectivity index is 2.66. The van der Waals surface area contributed by atoms with Gasteiger partial charge in [0.15, 0.2) is 0 Å². The van der Waals surface area contributed by atoms with E-state index in [1.807, 2.05) is 18.7 Å². The van der Waals surface area contributed by atoms with Crippen LogP contribution in [-0.4, -0.2) is 36.7 Å². The Labute approximate surface area is 103 Å². The number of carbonyl (C=O) groups is 1. The van der Waals surface area contributed by atoms with Gasteiger partial charge in [0.05, 0.1) is 7.11 Å². The maximum absolute atomic E-state index is 12.0. The molecule has 0 heterocycles. The summed E-state index contributed by atoms with van der Waals surface area (Å²) < 4.78 is 4.99. The van der Waals surface area contributed by atoms with Gasteiger partial charge in [-0.3, -0.25) is 4.79 Å². The van der Waals surface area contributed by atoms with Crippen LogP contribution in [0.3, 0.4) is 0 Å². The summed E-state index contributed by atoms with van der Waals surface area (Å²) in [5.41, 5.74) is -0.427. The van der Waals surface area contributed by atoms with Gasteiger partial charge in [0.1, 0.15) is 5.54 Å². The third-order valence-corrected chi connectivity index (χ3v) is 4.35. The smallest absolute Gasteiger partial charge is 0.327 e. The lowest BCUT2D eigenvalue weighted by Crippen LogP contribution is -2.56. The fraction of sp³-hybridized carbons (Fsp3) is 0.917. The van der Waals surface area contributed by atoms with Gasteiger partial charge in [0.2, 0.25) is 0 Å². The second-order valence-electron chi connectivity index (χ2n) is 4.32. The van der Waals surface area contributed by atoms with Gasteiger partial charge >= 0.3 is 5.97 Å². The minimum Gasteiger partial charge on any atom is -0.468 e. The number of hydrogen-bond donors (Lipinski definition) is 1. The van der Waals surface area contributed by atoms with Crippen LogP contribution in [0.25, 0.3) is 0 Å². The summed E-state index contributed by atoms with van der Waals surface area (Å²) in [4.78, 5) is 12.0. The standard InChI is InChI=1S/C12H23NO2S/c1-4-8-16-9-12(13-5-2,10-6-7-10)11(14)15-3/h10,13H,4-9H2,1-3H3. The second-order valence-corrected chi connectivity index (χ2v) is 5.43. The maximum atomic E-state index is 12.0. The summed E-state index contributed by atoms with van der Waals surface area (Å²) in [6.07, 6.45) is 3.45. The van der Waals surface area contributed by atoms with E-state index in [1.165, 1.54) is 7.11 Å². The predicted molar refractivity (Wildman–Crippen MR) is 68.8 cm³/mol. The Morgan fingerprint density at radius 3 is 2.62 bits per heavy atom. The molecule has 1 saturated carbocycles. The molecule has 1 atom stereocenters. The van der Waals surface area contributed by atoms with Crippen LogP contribution < -0.4 is 5.32 Å². The molecule has 0 saturated heterocycles. The highest BCUT2D eigenvalue weighted by atomic mass is 32.2. The molecule has 0 aromatic rings. The number of esters is 1. The van der Waals surface area contributed by atoms with E-state index in [0.717, 1.165) is 37.3 Å². The highest BCUT2D eigenvalue weighted by molar-refractivity contribution is 7.99. The van der Waals surface area contributed by atoms with Crippen molar-refractivity contribution in [1.82, 2.24) is 5.32 Å². The minimum atomic E-state index is -0.427. The lowest BCUT2D eigenvalue weighted by Gasteiger charge is -2.31. The molecule has 0 radical (unpaired) electrons. The zero-order valence-electron chi connectivity index (χ0n) is 10.5. The monoisotopic (exact) mass is 245 g/mol. The Kier molecular flexibility index (Phi) is 5.62. The molecule has 1 aliphatic carbocycles. The van der Waals surface area contributed by atoms with E-state index >= 15 is 0 Å². The summed E-state index contributed by atoms with van der Waals surface area (Å²) in [5.74, 6) is 2.34. The Bertz CT molecular complexity index is 231. The Hall–Kier alpha value is -0.220. The van der Waals surface area contributed by atoms with Crippen LogP contribution in [0.15, 0.2) is 0 Å². The van der Waals surface area contributed by atoms with Gasteiger partial charge in [-0.15, -0.1) is 0 Å². The zero-order chi connectivity index (χ0) is 12.0. The first kappa shape index (κ1) is 13.8. The van der Waals surface area contributed by atoms with Crippen LogP contribution in [-0.2, 0) is 9.53 Å². The zero-order valence-corrected chi connectivity index (χ0v) is 11.4. The lowest BCUT2D eigenvalue weighted by atomic mass is 9.95. The number of carbonyl (C=O) groups excluding carboxylic acids is 1. The van der Waals surface area contributed by atoms with Crippen molar-refractivity contribution in [3.8, 4) is 0 Å². The van der Waals surface area contributed by atoms with Gasteiger partial charge in [-0.05, 0) is 37.5 Å². The molecule has 1 unspecified atom stereocenters. The molecule has 3 nitrogen and oxygen atoms in total. The maximum Gasteiger partial charge on any atom is 0.327 e. The van der Waals surface area contributed by atoms with Crippen molar-refractivity contribution in [3.63, 3.8) is 0 Å². The lowest BCUT2D eigenvalue weighted by molar-refractivity contribution is -0.148. The van der Waals surface area contributed by atoms with Crippen molar-refractivity contribution in [1.29, 1.82) is 0 Å². The first-order chi connectivity index (χ1) is 7.71. The Morgan fingerprint density at radius 2 is 2.19 bits per heavy atom. The highest BCUT2D eigenvalue weighted by Crippen LogP contribution is 2.42. The molecule has 1 N–H and O–H groups in total. The van der Waals surface area contributed by atoms with E-state index in [9.17, 15) is 4.79 Å². The molecule has 1 aliphatic rings. The molecule has 0 aliphatic heterocycles.